The number of benzene rings is 1. The molecule has 0 bridgehead atoms. The largest absolute Gasteiger partial charge is 0.472 e. The molecule has 0 aliphatic carbocycles. The van der Waals surface area contributed by atoms with Gasteiger partial charge in [-0.25, -0.2) is 17.2 Å². The third-order valence-electron chi connectivity index (χ3n) is 4.22. The van der Waals surface area contributed by atoms with Crippen molar-refractivity contribution in [3.05, 3.63) is 42.0 Å². The van der Waals surface area contributed by atoms with Gasteiger partial charge in [0.2, 0.25) is 15.9 Å². The number of hydrogen-bond acceptors (Lipinski definition) is 6. The second-order valence-corrected chi connectivity index (χ2v) is 8.35. The van der Waals surface area contributed by atoms with E-state index in [1.807, 2.05) is 14.1 Å². The number of aromatic nitrogens is 2. The van der Waals surface area contributed by atoms with Gasteiger partial charge in [-0.1, -0.05) is 0 Å². The van der Waals surface area contributed by atoms with E-state index in [0.29, 0.717) is 24.7 Å². The predicted molar refractivity (Wildman–Crippen MR) is 95.1 cm³/mol. The van der Waals surface area contributed by atoms with Gasteiger partial charge in [-0.3, -0.25) is 0 Å². The van der Waals surface area contributed by atoms with E-state index in [-0.39, 0.29) is 19.0 Å². The molecule has 7 nitrogen and oxygen atoms in total. The van der Waals surface area contributed by atoms with Crippen LogP contribution in [0.15, 0.2) is 35.2 Å². The van der Waals surface area contributed by atoms with Crippen molar-refractivity contribution >= 4 is 15.8 Å². The molecule has 0 radical (unpaired) electrons. The average molecular weight is 398 g/mol. The van der Waals surface area contributed by atoms with E-state index >= 15 is 0 Å². The van der Waals surface area contributed by atoms with E-state index in [2.05, 4.69) is 10.2 Å². The van der Waals surface area contributed by atoms with Crippen LogP contribution in [0.25, 0.3) is 0 Å². The van der Waals surface area contributed by atoms with Gasteiger partial charge in [-0.2, -0.15) is 4.31 Å². The summed E-state index contributed by atoms with van der Waals surface area (Å²) in [4.78, 5) is 1.12. The quantitative estimate of drug-likeness (QED) is 0.767. The Bertz CT molecular complexity index is 907. The lowest BCUT2D eigenvalue weighted by Gasteiger charge is -2.31. The fourth-order valence-electron chi connectivity index (χ4n) is 2.82. The van der Waals surface area contributed by atoms with Crippen molar-refractivity contribution in [2.45, 2.75) is 23.8 Å². The molecule has 0 amide bonds. The summed E-state index contributed by atoms with van der Waals surface area (Å²) < 4.78 is 59.6. The molecule has 1 atom stereocenters. The second kappa shape index (κ2) is 7.73. The van der Waals surface area contributed by atoms with Gasteiger partial charge < -0.3 is 9.64 Å². The molecule has 10 heteroatoms. The van der Waals surface area contributed by atoms with E-state index in [1.165, 1.54) is 0 Å². The minimum absolute atomic E-state index is 0.0232. The highest BCUT2D eigenvalue weighted by Crippen LogP contribution is 2.25. The fraction of sp³-hybridized carbons (Fsp3) is 0.412. The van der Waals surface area contributed by atoms with Crippen molar-refractivity contribution in [3.63, 3.8) is 0 Å². The number of anilines is 1. The van der Waals surface area contributed by atoms with Crippen LogP contribution in [-0.2, 0) is 10.0 Å². The van der Waals surface area contributed by atoms with Crippen molar-refractivity contribution in [2.24, 2.45) is 0 Å². The van der Waals surface area contributed by atoms with Crippen LogP contribution in [0.5, 0.6) is 5.88 Å². The molecule has 0 N–H and O–H groups in total. The zero-order valence-corrected chi connectivity index (χ0v) is 15.8. The SMILES string of the molecule is CN(C)c1ccc(OC2CCCN(S(=O)(=O)c3cc(F)ccc3F)C2)nn1. The maximum absolute atomic E-state index is 13.9. The molecule has 27 heavy (non-hydrogen) atoms. The molecule has 2 heterocycles. The number of nitrogens with zero attached hydrogens (tertiary/aromatic N) is 4. The molecule has 1 fully saturated rings. The van der Waals surface area contributed by atoms with Gasteiger partial charge in [-0.05, 0) is 37.1 Å². The zero-order valence-electron chi connectivity index (χ0n) is 15.0. The predicted octanol–water partition coefficient (Wildman–Crippen LogP) is 2.05. The highest BCUT2D eigenvalue weighted by atomic mass is 32.2. The Morgan fingerprint density at radius 1 is 1.19 bits per heavy atom. The van der Waals surface area contributed by atoms with E-state index in [9.17, 15) is 17.2 Å². The summed E-state index contributed by atoms with van der Waals surface area (Å²) in [6, 6.07) is 5.78. The van der Waals surface area contributed by atoms with Gasteiger partial charge in [0, 0.05) is 26.7 Å². The number of ether oxygens (including phenoxy) is 1. The minimum Gasteiger partial charge on any atom is -0.472 e. The molecule has 3 rings (SSSR count). The summed E-state index contributed by atoms with van der Waals surface area (Å²) in [6.45, 7) is 0.235. The van der Waals surface area contributed by atoms with Crippen molar-refractivity contribution in [1.82, 2.24) is 14.5 Å². The number of rotatable bonds is 5. The van der Waals surface area contributed by atoms with E-state index in [0.717, 1.165) is 16.4 Å². The summed E-state index contributed by atoms with van der Waals surface area (Å²) >= 11 is 0. The highest BCUT2D eigenvalue weighted by molar-refractivity contribution is 7.89. The topological polar surface area (TPSA) is 75.6 Å². The molecule has 1 aromatic carbocycles. The van der Waals surface area contributed by atoms with Crippen LogP contribution >= 0.6 is 0 Å². The lowest BCUT2D eigenvalue weighted by Crippen LogP contribution is -2.44. The third kappa shape index (κ3) is 4.33. The smallest absolute Gasteiger partial charge is 0.246 e. The first-order valence-corrected chi connectivity index (χ1v) is 9.84. The van der Waals surface area contributed by atoms with Crippen LogP contribution in [0.2, 0.25) is 0 Å². The van der Waals surface area contributed by atoms with Gasteiger partial charge in [0.05, 0.1) is 6.54 Å². The lowest BCUT2D eigenvalue weighted by molar-refractivity contribution is 0.123. The Hall–Kier alpha value is -2.33. The molecule has 146 valence electrons. The zero-order chi connectivity index (χ0) is 19.6. The molecule has 1 aliphatic heterocycles. The summed E-state index contributed by atoms with van der Waals surface area (Å²) in [6.07, 6.45) is 0.698. The van der Waals surface area contributed by atoms with Crippen molar-refractivity contribution in [3.8, 4) is 5.88 Å². The van der Waals surface area contributed by atoms with Gasteiger partial charge in [0.15, 0.2) is 5.82 Å². The lowest BCUT2D eigenvalue weighted by atomic mass is 10.1. The average Bonchev–Trinajstić information content (AvgIpc) is 2.64. The monoisotopic (exact) mass is 398 g/mol. The molecule has 0 spiro atoms. The second-order valence-electron chi connectivity index (χ2n) is 6.44. The van der Waals surface area contributed by atoms with E-state index < -0.39 is 32.7 Å². The number of piperidine rings is 1. The Balaban J connectivity index is 1.74. The summed E-state index contributed by atoms with van der Waals surface area (Å²) in [5.41, 5.74) is 0. The third-order valence-corrected chi connectivity index (χ3v) is 6.10. The first-order valence-electron chi connectivity index (χ1n) is 8.40. The van der Waals surface area contributed by atoms with Gasteiger partial charge in [-0.15, -0.1) is 10.2 Å². The number of halogens is 2. The Labute approximate surface area is 156 Å². The maximum atomic E-state index is 13.9. The van der Waals surface area contributed by atoms with Gasteiger partial charge in [0.1, 0.15) is 22.6 Å². The van der Waals surface area contributed by atoms with Crippen LogP contribution < -0.4 is 9.64 Å². The van der Waals surface area contributed by atoms with E-state index in [4.69, 9.17) is 4.74 Å². The maximum Gasteiger partial charge on any atom is 0.246 e. The van der Waals surface area contributed by atoms with Crippen molar-refractivity contribution in [2.75, 3.05) is 32.1 Å². The molecule has 1 saturated heterocycles. The highest BCUT2D eigenvalue weighted by Gasteiger charge is 2.33. The molecule has 1 unspecified atom stereocenters. The molecular formula is C17H20F2N4O3S. The normalized spacial score (nSPS) is 18.3. The molecule has 2 aromatic rings. The molecule has 1 aromatic heterocycles. The standard InChI is InChI=1S/C17H20F2N4O3S/c1-22(2)16-7-8-17(21-20-16)26-13-4-3-9-23(11-13)27(24,25)15-10-12(18)5-6-14(15)19/h5-8,10,13H,3-4,9,11H2,1-2H3. The van der Waals surface area contributed by atoms with Crippen LogP contribution in [0.4, 0.5) is 14.6 Å². The van der Waals surface area contributed by atoms with Crippen LogP contribution in [0.3, 0.4) is 0 Å². The Morgan fingerprint density at radius 3 is 2.63 bits per heavy atom. The first kappa shape index (κ1) is 19.4. The van der Waals surface area contributed by atoms with E-state index in [1.54, 1.807) is 17.0 Å². The molecule has 1 aliphatic rings. The van der Waals surface area contributed by atoms with Gasteiger partial charge in [0.25, 0.3) is 0 Å². The Morgan fingerprint density at radius 2 is 1.96 bits per heavy atom. The summed E-state index contributed by atoms with van der Waals surface area (Å²) in [5.74, 6) is -0.848. The van der Waals surface area contributed by atoms with Gasteiger partial charge >= 0.3 is 0 Å². The number of sulfonamides is 1. The summed E-state index contributed by atoms with van der Waals surface area (Å²) in [5, 5.41) is 7.98. The Kier molecular flexibility index (Phi) is 5.56. The first-order chi connectivity index (χ1) is 12.8. The van der Waals surface area contributed by atoms with Crippen LogP contribution in [0, 0.1) is 11.6 Å². The molecular weight excluding hydrogens is 378 g/mol. The van der Waals surface area contributed by atoms with Crippen LogP contribution in [-0.4, -0.2) is 56.2 Å². The minimum atomic E-state index is -4.16. The molecule has 0 saturated carbocycles. The van der Waals surface area contributed by atoms with Crippen molar-refractivity contribution < 1.29 is 21.9 Å². The van der Waals surface area contributed by atoms with Crippen molar-refractivity contribution in [1.29, 1.82) is 0 Å². The summed E-state index contributed by atoms with van der Waals surface area (Å²) in [7, 11) is -0.496. The number of hydrogen-bond donors (Lipinski definition) is 0. The van der Waals surface area contributed by atoms with Crippen LogP contribution in [0.1, 0.15) is 12.8 Å². The fourth-order valence-corrected chi connectivity index (χ4v) is 4.40.